The standard InChI is InChI=1S/C20H17N3O2S/c1-12-9-13(2)22-20(21-12)26-11-19(24)23-14-7-8-16-15-5-3-4-6-17(15)25-18(16)10-14/h3-10H,11H2,1-2H3,(H,23,24). The lowest BCUT2D eigenvalue weighted by Crippen LogP contribution is -2.14. The van der Waals surface area contributed by atoms with Gasteiger partial charge in [-0.3, -0.25) is 4.79 Å². The van der Waals surface area contributed by atoms with Crippen LogP contribution in [0.25, 0.3) is 21.9 Å². The number of benzene rings is 2. The molecule has 0 aliphatic rings. The monoisotopic (exact) mass is 363 g/mol. The lowest BCUT2D eigenvalue weighted by molar-refractivity contribution is -0.113. The topological polar surface area (TPSA) is 68.0 Å². The normalized spacial score (nSPS) is 11.2. The smallest absolute Gasteiger partial charge is 0.234 e. The van der Waals surface area contributed by atoms with Crippen LogP contribution in [0, 0.1) is 13.8 Å². The van der Waals surface area contributed by atoms with Gasteiger partial charge in [0.2, 0.25) is 5.91 Å². The first-order valence-electron chi connectivity index (χ1n) is 8.25. The van der Waals surface area contributed by atoms with Crippen LogP contribution in [-0.2, 0) is 4.79 Å². The van der Waals surface area contributed by atoms with Gasteiger partial charge in [-0.25, -0.2) is 9.97 Å². The van der Waals surface area contributed by atoms with Gasteiger partial charge in [0.15, 0.2) is 5.16 Å². The first-order chi connectivity index (χ1) is 12.6. The minimum absolute atomic E-state index is 0.103. The number of carbonyl (C=O) groups excluding carboxylic acids is 1. The van der Waals surface area contributed by atoms with Gasteiger partial charge in [0, 0.05) is 33.9 Å². The maximum absolute atomic E-state index is 12.2. The van der Waals surface area contributed by atoms with Crippen LogP contribution in [-0.4, -0.2) is 21.6 Å². The molecule has 6 heteroatoms. The van der Waals surface area contributed by atoms with Crippen molar-refractivity contribution in [1.82, 2.24) is 9.97 Å². The Morgan fingerprint density at radius 3 is 2.54 bits per heavy atom. The van der Waals surface area contributed by atoms with Gasteiger partial charge in [-0.05, 0) is 38.1 Å². The number of para-hydroxylation sites is 1. The average molecular weight is 363 g/mol. The Morgan fingerprint density at radius 2 is 1.73 bits per heavy atom. The highest BCUT2D eigenvalue weighted by atomic mass is 32.2. The molecule has 26 heavy (non-hydrogen) atoms. The number of rotatable bonds is 4. The minimum Gasteiger partial charge on any atom is -0.456 e. The maximum Gasteiger partial charge on any atom is 0.234 e. The Balaban J connectivity index is 1.47. The number of aryl methyl sites for hydroxylation is 2. The highest BCUT2D eigenvalue weighted by Crippen LogP contribution is 2.30. The summed E-state index contributed by atoms with van der Waals surface area (Å²) in [6.45, 7) is 3.84. The van der Waals surface area contributed by atoms with Crippen molar-refractivity contribution in [2.45, 2.75) is 19.0 Å². The van der Waals surface area contributed by atoms with E-state index in [1.54, 1.807) is 0 Å². The van der Waals surface area contributed by atoms with Gasteiger partial charge in [-0.15, -0.1) is 0 Å². The van der Waals surface area contributed by atoms with Crippen LogP contribution in [0.5, 0.6) is 0 Å². The number of carbonyl (C=O) groups is 1. The molecule has 0 saturated heterocycles. The Labute approximate surface area is 154 Å². The fourth-order valence-corrected chi connectivity index (χ4v) is 3.64. The van der Waals surface area contributed by atoms with Gasteiger partial charge < -0.3 is 9.73 Å². The molecule has 0 unspecified atom stereocenters. The van der Waals surface area contributed by atoms with Crippen LogP contribution in [0.15, 0.2) is 58.1 Å². The van der Waals surface area contributed by atoms with E-state index in [2.05, 4.69) is 15.3 Å². The second-order valence-corrected chi connectivity index (χ2v) is 7.02. The molecular weight excluding hydrogens is 346 g/mol. The van der Waals surface area contributed by atoms with E-state index in [0.717, 1.165) is 33.3 Å². The molecule has 2 aromatic carbocycles. The number of furan rings is 1. The molecule has 5 nitrogen and oxygen atoms in total. The zero-order valence-corrected chi connectivity index (χ0v) is 15.3. The summed E-state index contributed by atoms with van der Waals surface area (Å²) in [5, 5.41) is 5.63. The molecule has 130 valence electrons. The van der Waals surface area contributed by atoms with Crippen LogP contribution in [0.2, 0.25) is 0 Å². The highest BCUT2D eigenvalue weighted by molar-refractivity contribution is 7.99. The summed E-state index contributed by atoms with van der Waals surface area (Å²) in [6.07, 6.45) is 0. The number of hydrogen-bond acceptors (Lipinski definition) is 5. The molecule has 4 rings (SSSR count). The van der Waals surface area contributed by atoms with E-state index < -0.39 is 0 Å². The van der Waals surface area contributed by atoms with Gasteiger partial charge in [-0.2, -0.15) is 0 Å². The minimum atomic E-state index is -0.103. The first-order valence-corrected chi connectivity index (χ1v) is 9.23. The molecule has 1 N–H and O–H groups in total. The Bertz CT molecular complexity index is 1100. The summed E-state index contributed by atoms with van der Waals surface area (Å²) in [7, 11) is 0. The fraction of sp³-hybridized carbons (Fsp3) is 0.150. The predicted molar refractivity (Wildman–Crippen MR) is 105 cm³/mol. The molecule has 2 aromatic heterocycles. The van der Waals surface area contributed by atoms with Crippen molar-refractivity contribution in [2.24, 2.45) is 0 Å². The number of aromatic nitrogens is 2. The second-order valence-electron chi connectivity index (χ2n) is 6.08. The maximum atomic E-state index is 12.2. The summed E-state index contributed by atoms with van der Waals surface area (Å²) in [5.74, 6) is 0.148. The molecule has 1 amide bonds. The van der Waals surface area contributed by atoms with Crippen molar-refractivity contribution in [3.63, 3.8) is 0 Å². The van der Waals surface area contributed by atoms with Crippen LogP contribution in [0.1, 0.15) is 11.4 Å². The lowest BCUT2D eigenvalue weighted by atomic mass is 10.1. The van der Waals surface area contributed by atoms with E-state index >= 15 is 0 Å². The number of hydrogen-bond donors (Lipinski definition) is 1. The molecule has 0 bridgehead atoms. The van der Waals surface area contributed by atoms with Gasteiger partial charge in [0.1, 0.15) is 11.2 Å². The third kappa shape index (κ3) is 3.41. The quantitative estimate of drug-likeness (QED) is 0.419. The van der Waals surface area contributed by atoms with Crippen molar-refractivity contribution in [2.75, 3.05) is 11.1 Å². The zero-order chi connectivity index (χ0) is 18.1. The van der Waals surface area contributed by atoms with Crippen LogP contribution < -0.4 is 5.32 Å². The number of nitrogens with zero attached hydrogens (tertiary/aromatic N) is 2. The highest BCUT2D eigenvalue weighted by Gasteiger charge is 2.10. The Hall–Kier alpha value is -2.86. The molecule has 2 heterocycles. The third-order valence-electron chi connectivity index (χ3n) is 3.96. The van der Waals surface area contributed by atoms with Crippen LogP contribution >= 0.6 is 11.8 Å². The molecule has 0 aliphatic carbocycles. The lowest BCUT2D eigenvalue weighted by Gasteiger charge is -2.05. The van der Waals surface area contributed by atoms with Gasteiger partial charge in [0.05, 0.1) is 5.75 Å². The van der Waals surface area contributed by atoms with E-state index in [1.807, 2.05) is 62.4 Å². The van der Waals surface area contributed by atoms with E-state index in [-0.39, 0.29) is 11.7 Å². The van der Waals surface area contributed by atoms with Gasteiger partial charge >= 0.3 is 0 Å². The molecule has 0 spiro atoms. The van der Waals surface area contributed by atoms with E-state index in [4.69, 9.17) is 4.42 Å². The molecule has 0 saturated carbocycles. The molecule has 0 atom stereocenters. The van der Waals surface area contributed by atoms with Crippen molar-refractivity contribution in [3.8, 4) is 0 Å². The van der Waals surface area contributed by atoms with E-state index in [1.165, 1.54) is 11.8 Å². The summed E-state index contributed by atoms with van der Waals surface area (Å²) in [5.41, 5.74) is 4.11. The average Bonchev–Trinajstić information content (AvgIpc) is 2.97. The van der Waals surface area contributed by atoms with Crippen molar-refractivity contribution < 1.29 is 9.21 Å². The van der Waals surface area contributed by atoms with Crippen LogP contribution in [0.3, 0.4) is 0 Å². The van der Waals surface area contributed by atoms with E-state index in [0.29, 0.717) is 10.8 Å². The number of anilines is 1. The Morgan fingerprint density at radius 1 is 1.00 bits per heavy atom. The molecule has 0 aliphatic heterocycles. The van der Waals surface area contributed by atoms with Crippen molar-refractivity contribution >= 4 is 45.3 Å². The molecule has 0 radical (unpaired) electrons. The number of amides is 1. The predicted octanol–water partition coefficient (Wildman–Crippen LogP) is 4.72. The van der Waals surface area contributed by atoms with Crippen molar-refractivity contribution in [3.05, 3.63) is 59.9 Å². The molecule has 0 fully saturated rings. The van der Waals surface area contributed by atoms with E-state index in [9.17, 15) is 4.79 Å². The number of fused-ring (bicyclic) bond motifs is 3. The third-order valence-corrected chi connectivity index (χ3v) is 4.80. The van der Waals surface area contributed by atoms with Crippen molar-refractivity contribution in [1.29, 1.82) is 0 Å². The second kappa shape index (κ2) is 6.80. The summed E-state index contributed by atoms with van der Waals surface area (Å²) in [4.78, 5) is 20.9. The number of nitrogens with one attached hydrogen (secondary N) is 1. The van der Waals surface area contributed by atoms with Gasteiger partial charge in [0.25, 0.3) is 0 Å². The first kappa shape index (κ1) is 16.6. The summed E-state index contributed by atoms with van der Waals surface area (Å²) >= 11 is 1.33. The van der Waals surface area contributed by atoms with Crippen LogP contribution in [0.4, 0.5) is 5.69 Å². The molecule has 4 aromatic rings. The SMILES string of the molecule is Cc1cc(C)nc(SCC(=O)Nc2ccc3c(c2)oc2ccccc23)n1. The molecular formula is C20H17N3O2S. The fourth-order valence-electron chi connectivity index (χ4n) is 2.89. The largest absolute Gasteiger partial charge is 0.456 e. The van der Waals surface area contributed by atoms with Gasteiger partial charge in [-0.1, -0.05) is 30.0 Å². The summed E-state index contributed by atoms with van der Waals surface area (Å²) < 4.78 is 5.85. The Kier molecular flexibility index (Phi) is 4.34. The zero-order valence-electron chi connectivity index (χ0n) is 14.4. The number of thioether (sulfide) groups is 1. The summed E-state index contributed by atoms with van der Waals surface area (Å²) in [6, 6.07) is 15.5.